The third-order valence-electron chi connectivity index (χ3n) is 5.92. The van der Waals surface area contributed by atoms with E-state index in [9.17, 15) is 8.78 Å². The van der Waals surface area contributed by atoms with E-state index in [2.05, 4.69) is 18.0 Å². The Kier molecular flexibility index (Phi) is 6.77. The fraction of sp³-hybridized carbons (Fsp3) is 0.435. The lowest BCUT2D eigenvalue weighted by molar-refractivity contribution is 0.149. The Morgan fingerprint density at radius 3 is 2.61 bits per heavy atom. The number of rotatable bonds is 6. The van der Waals surface area contributed by atoms with Crippen molar-refractivity contribution >= 4 is 0 Å². The summed E-state index contributed by atoms with van der Waals surface area (Å²) in [4.78, 5) is 2.34. The molecule has 0 heterocycles. The van der Waals surface area contributed by atoms with Crippen molar-refractivity contribution in [2.24, 2.45) is 11.7 Å². The largest absolute Gasteiger partial charge is 0.327 e. The van der Waals surface area contributed by atoms with Crippen molar-refractivity contribution in [3.63, 3.8) is 0 Å². The first-order valence-corrected chi connectivity index (χ1v) is 9.85. The third kappa shape index (κ3) is 5.15. The molecule has 2 N–H and O–H groups in total. The van der Waals surface area contributed by atoms with Crippen LogP contribution in [0, 0.1) is 28.9 Å². The average molecular weight is 383 g/mol. The van der Waals surface area contributed by atoms with E-state index >= 15 is 0 Å². The molecule has 1 aliphatic rings. The number of nitrogens with zero attached hydrogens (tertiary/aromatic N) is 2. The number of benzene rings is 2. The van der Waals surface area contributed by atoms with Crippen molar-refractivity contribution in [1.82, 2.24) is 4.90 Å². The van der Waals surface area contributed by atoms with Gasteiger partial charge in [-0.15, -0.1) is 0 Å². The van der Waals surface area contributed by atoms with E-state index in [0.29, 0.717) is 29.5 Å². The number of hydrogen-bond acceptors (Lipinski definition) is 3. The zero-order chi connectivity index (χ0) is 20.1. The molecule has 0 saturated heterocycles. The van der Waals surface area contributed by atoms with Gasteiger partial charge >= 0.3 is 0 Å². The highest BCUT2D eigenvalue weighted by molar-refractivity contribution is 5.32. The summed E-state index contributed by atoms with van der Waals surface area (Å²) in [6.07, 6.45) is 4.43. The third-order valence-corrected chi connectivity index (χ3v) is 5.92. The van der Waals surface area contributed by atoms with Gasteiger partial charge in [0.05, 0.1) is 11.6 Å². The summed E-state index contributed by atoms with van der Waals surface area (Å²) < 4.78 is 27.3. The highest BCUT2D eigenvalue weighted by atomic mass is 19.1. The van der Waals surface area contributed by atoms with Gasteiger partial charge < -0.3 is 5.73 Å². The highest BCUT2D eigenvalue weighted by Crippen LogP contribution is 2.30. The molecule has 1 saturated carbocycles. The highest BCUT2D eigenvalue weighted by Gasteiger charge is 2.28. The molecule has 0 amide bonds. The smallest absolute Gasteiger partial charge is 0.126 e. The minimum atomic E-state index is -0.422. The molecule has 2 aromatic carbocycles. The maximum absolute atomic E-state index is 13.9. The van der Waals surface area contributed by atoms with Gasteiger partial charge in [0.25, 0.3) is 0 Å². The summed E-state index contributed by atoms with van der Waals surface area (Å²) in [5.41, 5.74) is 8.53. The summed E-state index contributed by atoms with van der Waals surface area (Å²) in [6, 6.07) is 13.8. The molecule has 28 heavy (non-hydrogen) atoms. The number of hydrogen-bond donors (Lipinski definition) is 1. The molecule has 148 valence electrons. The van der Waals surface area contributed by atoms with Crippen molar-refractivity contribution < 1.29 is 8.78 Å². The lowest BCUT2D eigenvalue weighted by Gasteiger charge is -2.37. The van der Waals surface area contributed by atoms with Crippen molar-refractivity contribution in [1.29, 1.82) is 5.26 Å². The zero-order valence-corrected chi connectivity index (χ0v) is 16.2. The number of nitrogens with two attached hydrogens (primary N) is 1. The molecule has 2 aromatic rings. The van der Waals surface area contributed by atoms with E-state index in [1.165, 1.54) is 12.1 Å². The second-order valence-corrected chi connectivity index (χ2v) is 7.90. The summed E-state index contributed by atoms with van der Waals surface area (Å²) in [6.45, 7) is 0.811. The van der Waals surface area contributed by atoms with Crippen LogP contribution in [0.2, 0.25) is 0 Å². The fourth-order valence-electron chi connectivity index (χ4n) is 4.25. The molecule has 0 bridgehead atoms. The zero-order valence-electron chi connectivity index (χ0n) is 16.2. The first-order chi connectivity index (χ1) is 13.5. The maximum atomic E-state index is 13.9. The average Bonchev–Trinajstić information content (AvgIpc) is 2.71. The van der Waals surface area contributed by atoms with Crippen LogP contribution in [0.25, 0.3) is 0 Å². The summed E-state index contributed by atoms with van der Waals surface area (Å²) in [7, 11) is 2.12. The van der Waals surface area contributed by atoms with Crippen LogP contribution in [-0.2, 0) is 13.0 Å². The standard InChI is InChI=1S/C23H27F2N3/c1-28(15-17-4-2-3-16(11-17)14-26)21-8-5-18(6-9-21)23(27)13-19-12-20(24)7-10-22(19)25/h2-4,7,10-12,18,21,23H,5-6,8-9,13,15,27H2,1H3/t18?,21?,23-/m1/s1. The van der Waals surface area contributed by atoms with Crippen LogP contribution in [0.3, 0.4) is 0 Å². The van der Waals surface area contributed by atoms with Crippen molar-refractivity contribution in [2.45, 2.75) is 50.7 Å². The van der Waals surface area contributed by atoms with E-state index in [4.69, 9.17) is 11.0 Å². The Balaban J connectivity index is 1.52. The molecule has 1 atom stereocenters. The normalized spacial score (nSPS) is 20.7. The van der Waals surface area contributed by atoms with E-state index in [1.54, 1.807) is 0 Å². The molecular formula is C23H27F2N3. The summed E-state index contributed by atoms with van der Waals surface area (Å²) in [5.74, 6) is -0.478. The molecule has 0 aliphatic heterocycles. The van der Waals surface area contributed by atoms with Gasteiger partial charge in [0, 0.05) is 18.6 Å². The lowest BCUT2D eigenvalue weighted by Crippen LogP contribution is -2.40. The minimum absolute atomic E-state index is 0.158. The summed E-state index contributed by atoms with van der Waals surface area (Å²) >= 11 is 0. The molecule has 1 fully saturated rings. The van der Waals surface area contributed by atoms with Crippen molar-refractivity contribution in [3.8, 4) is 6.07 Å². The lowest BCUT2D eigenvalue weighted by atomic mass is 9.79. The quantitative estimate of drug-likeness (QED) is 0.805. The first-order valence-electron chi connectivity index (χ1n) is 9.85. The predicted octanol–water partition coefficient (Wildman–Crippen LogP) is 4.40. The molecule has 3 nitrogen and oxygen atoms in total. The maximum Gasteiger partial charge on any atom is 0.126 e. The van der Waals surface area contributed by atoms with Crippen LogP contribution >= 0.6 is 0 Å². The molecule has 0 radical (unpaired) electrons. The number of nitriles is 1. The molecular weight excluding hydrogens is 356 g/mol. The molecule has 0 spiro atoms. The SMILES string of the molecule is CN(Cc1cccc(C#N)c1)C1CCC([C@H](N)Cc2cc(F)ccc2F)CC1. The Morgan fingerprint density at radius 1 is 1.14 bits per heavy atom. The Bertz CT molecular complexity index is 838. The van der Waals surface area contributed by atoms with Crippen molar-refractivity contribution in [2.75, 3.05) is 7.05 Å². The second-order valence-electron chi connectivity index (χ2n) is 7.90. The van der Waals surface area contributed by atoms with Gasteiger partial charge in [0.15, 0.2) is 0 Å². The topological polar surface area (TPSA) is 53.0 Å². The molecule has 0 unspecified atom stereocenters. The van der Waals surface area contributed by atoms with Crippen LogP contribution in [0.1, 0.15) is 42.4 Å². The van der Waals surface area contributed by atoms with Gasteiger partial charge in [-0.3, -0.25) is 4.90 Å². The minimum Gasteiger partial charge on any atom is -0.327 e. The van der Waals surface area contributed by atoms with Gasteiger partial charge in [-0.1, -0.05) is 12.1 Å². The second kappa shape index (κ2) is 9.27. The van der Waals surface area contributed by atoms with E-state index in [1.807, 2.05) is 24.3 Å². The van der Waals surface area contributed by atoms with Crippen LogP contribution in [-0.4, -0.2) is 24.0 Å². The molecule has 5 heteroatoms. The Labute approximate surface area is 165 Å². The van der Waals surface area contributed by atoms with Crippen molar-refractivity contribution in [3.05, 3.63) is 70.8 Å². The van der Waals surface area contributed by atoms with E-state index in [-0.39, 0.29) is 11.9 Å². The van der Waals surface area contributed by atoms with Crippen LogP contribution < -0.4 is 5.73 Å². The van der Waals surface area contributed by atoms with E-state index < -0.39 is 5.82 Å². The van der Waals surface area contributed by atoms with Crippen LogP contribution in [0.4, 0.5) is 8.78 Å². The summed E-state index contributed by atoms with van der Waals surface area (Å²) in [5, 5.41) is 9.04. The molecule has 1 aliphatic carbocycles. The molecule has 3 rings (SSSR count). The number of halogens is 2. The first kappa shape index (κ1) is 20.4. The predicted molar refractivity (Wildman–Crippen MR) is 106 cm³/mol. The Hall–Kier alpha value is -2.29. The van der Waals surface area contributed by atoms with E-state index in [0.717, 1.165) is 43.9 Å². The van der Waals surface area contributed by atoms with Gasteiger partial charge in [0.1, 0.15) is 11.6 Å². The Morgan fingerprint density at radius 2 is 1.89 bits per heavy atom. The monoisotopic (exact) mass is 383 g/mol. The van der Waals surface area contributed by atoms with Gasteiger partial charge in [0.2, 0.25) is 0 Å². The fourth-order valence-corrected chi connectivity index (χ4v) is 4.25. The van der Waals surface area contributed by atoms with Crippen LogP contribution in [0.15, 0.2) is 42.5 Å². The molecule has 0 aromatic heterocycles. The van der Waals surface area contributed by atoms with Gasteiger partial charge in [-0.2, -0.15) is 5.26 Å². The van der Waals surface area contributed by atoms with Gasteiger partial charge in [-0.25, -0.2) is 8.78 Å². The van der Waals surface area contributed by atoms with Crippen LogP contribution in [0.5, 0.6) is 0 Å². The van der Waals surface area contributed by atoms with Gasteiger partial charge in [-0.05, 0) is 86.5 Å².